The molecule has 0 aliphatic rings. The van der Waals surface area contributed by atoms with E-state index in [0.29, 0.717) is 22.2 Å². The number of carbonyl (C=O) groups is 1. The van der Waals surface area contributed by atoms with Crippen molar-refractivity contribution in [2.75, 3.05) is 7.05 Å². The van der Waals surface area contributed by atoms with E-state index in [9.17, 15) is 4.79 Å². The molecule has 0 radical (unpaired) electrons. The van der Waals surface area contributed by atoms with Gasteiger partial charge in [-0.25, -0.2) is 0 Å². The summed E-state index contributed by atoms with van der Waals surface area (Å²) in [5.74, 6) is -0.112. The summed E-state index contributed by atoms with van der Waals surface area (Å²) in [6.07, 6.45) is 0. The molecule has 0 fully saturated rings. The van der Waals surface area contributed by atoms with Crippen LogP contribution in [0.4, 0.5) is 0 Å². The highest BCUT2D eigenvalue weighted by Gasteiger charge is 2.16. The lowest BCUT2D eigenvalue weighted by molar-refractivity contribution is 0.0784. The molecule has 0 saturated carbocycles. The zero-order valence-corrected chi connectivity index (χ0v) is 13.8. The highest BCUT2D eigenvalue weighted by molar-refractivity contribution is 9.10. The molecule has 0 atom stereocenters. The Morgan fingerprint density at radius 3 is 2.60 bits per heavy atom. The second-order valence-corrected chi connectivity index (χ2v) is 6.07. The van der Waals surface area contributed by atoms with E-state index in [-0.39, 0.29) is 5.91 Å². The SMILES string of the molecule is CN(Cc1ccccc1Cl)C(=O)c1cc(Cl)ccc1Br. The molecule has 1 amide bonds. The number of hydrogen-bond acceptors (Lipinski definition) is 1. The van der Waals surface area contributed by atoms with Crippen molar-refractivity contribution < 1.29 is 4.79 Å². The number of benzene rings is 2. The molecule has 2 aromatic carbocycles. The van der Waals surface area contributed by atoms with Crippen molar-refractivity contribution >= 4 is 45.0 Å². The minimum absolute atomic E-state index is 0.112. The van der Waals surface area contributed by atoms with E-state index in [1.165, 1.54) is 0 Å². The highest BCUT2D eigenvalue weighted by Crippen LogP contribution is 2.23. The van der Waals surface area contributed by atoms with E-state index in [4.69, 9.17) is 23.2 Å². The molecule has 0 bridgehead atoms. The molecule has 0 aliphatic heterocycles. The maximum atomic E-state index is 12.4. The summed E-state index contributed by atoms with van der Waals surface area (Å²) in [6.45, 7) is 0.442. The second-order valence-electron chi connectivity index (χ2n) is 4.38. The number of rotatable bonds is 3. The van der Waals surface area contributed by atoms with Gasteiger partial charge >= 0.3 is 0 Å². The zero-order chi connectivity index (χ0) is 14.7. The van der Waals surface area contributed by atoms with Gasteiger partial charge < -0.3 is 4.90 Å². The molecule has 0 N–H and O–H groups in total. The fraction of sp³-hybridized carbons (Fsp3) is 0.133. The van der Waals surface area contributed by atoms with E-state index in [2.05, 4.69) is 15.9 Å². The van der Waals surface area contributed by atoms with Gasteiger partial charge in [-0.3, -0.25) is 4.79 Å². The minimum Gasteiger partial charge on any atom is -0.337 e. The van der Waals surface area contributed by atoms with Gasteiger partial charge in [0.2, 0.25) is 0 Å². The van der Waals surface area contributed by atoms with Gasteiger partial charge in [0.05, 0.1) is 5.56 Å². The lowest BCUT2D eigenvalue weighted by atomic mass is 10.1. The molecule has 0 heterocycles. The molecule has 20 heavy (non-hydrogen) atoms. The summed E-state index contributed by atoms with van der Waals surface area (Å²) in [5.41, 5.74) is 1.44. The van der Waals surface area contributed by atoms with Crippen LogP contribution in [0.2, 0.25) is 10.0 Å². The number of nitrogens with zero attached hydrogens (tertiary/aromatic N) is 1. The Morgan fingerprint density at radius 2 is 1.90 bits per heavy atom. The topological polar surface area (TPSA) is 20.3 Å². The first-order chi connectivity index (χ1) is 9.49. The van der Waals surface area contributed by atoms with Gasteiger partial charge in [-0.1, -0.05) is 41.4 Å². The number of hydrogen-bond donors (Lipinski definition) is 0. The fourth-order valence-corrected chi connectivity index (χ4v) is 2.60. The van der Waals surface area contributed by atoms with Crippen LogP contribution in [0, 0.1) is 0 Å². The molecule has 0 aromatic heterocycles. The van der Waals surface area contributed by atoms with Crippen LogP contribution in [0.15, 0.2) is 46.9 Å². The van der Waals surface area contributed by atoms with E-state index in [0.717, 1.165) is 10.0 Å². The van der Waals surface area contributed by atoms with Crippen LogP contribution < -0.4 is 0 Å². The van der Waals surface area contributed by atoms with Crippen molar-refractivity contribution in [3.8, 4) is 0 Å². The molecule has 2 nitrogen and oxygen atoms in total. The lowest BCUT2D eigenvalue weighted by Crippen LogP contribution is -2.26. The molecule has 0 unspecified atom stereocenters. The van der Waals surface area contributed by atoms with E-state index >= 15 is 0 Å². The van der Waals surface area contributed by atoms with E-state index in [1.54, 1.807) is 30.1 Å². The minimum atomic E-state index is -0.112. The van der Waals surface area contributed by atoms with Crippen LogP contribution in [0.3, 0.4) is 0 Å². The molecule has 0 spiro atoms. The predicted octanol–water partition coefficient (Wildman–Crippen LogP) is 5.03. The fourth-order valence-electron chi connectivity index (χ4n) is 1.82. The smallest absolute Gasteiger partial charge is 0.255 e. The van der Waals surface area contributed by atoms with Crippen LogP contribution >= 0.6 is 39.1 Å². The van der Waals surface area contributed by atoms with Crippen LogP contribution in [0.25, 0.3) is 0 Å². The Hall–Kier alpha value is -1.03. The summed E-state index contributed by atoms with van der Waals surface area (Å²) in [4.78, 5) is 14.0. The number of amides is 1. The van der Waals surface area contributed by atoms with Crippen molar-refractivity contribution in [2.45, 2.75) is 6.54 Å². The van der Waals surface area contributed by atoms with Gasteiger partial charge in [-0.2, -0.15) is 0 Å². The van der Waals surface area contributed by atoms with Gasteiger partial charge in [0, 0.05) is 28.1 Å². The van der Waals surface area contributed by atoms with E-state index in [1.807, 2.05) is 24.3 Å². The Balaban J connectivity index is 2.21. The van der Waals surface area contributed by atoms with Crippen LogP contribution in [0.5, 0.6) is 0 Å². The van der Waals surface area contributed by atoms with Crippen molar-refractivity contribution in [1.29, 1.82) is 0 Å². The average Bonchev–Trinajstić information content (AvgIpc) is 2.43. The Labute approximate surface area is 136 Å². The first-order valence-corrected chi connectivity index (χ1v) is 7.48. The van der Waals surface area contributed by atoms with Gasteiger partial charge in [0.15, 0.2) is 0 Å². The molecule has 5 heteroatoms. The van der Waals surface area contributed by atoms with Gasteiger partial charge in [0.1, 0.15) is 0 Å². The molecular formula is C15H12BrCl2NO. The quantitative estimate of drug-likeness (QED) is 0.739. The lowest BCUT2D eigenvalue weighted by Gasteiger charge is -2.19. The second kappa shape index (κ2) is 6.61. The molecule has 2 rings (SSSR count). The Kier molecular flexibility index (Phi) is 5.08. The van der Waals surface area contributed by atoms with Crippen LogP contribution in [-0.4, -0.2) is 17.9 Å². The van der Waals surface area contributed by atoms with Crippen LogP contribution in [0.1, 0.15) is 15.9 Å². The van der Waals surface area contributed by atoms with Crippen molar-refractivity contribution in [3.63, 3.8) is 0 Å². The Bertz CT molecular complexity index is 646. The standard InChI is InChI=1S/C15H12BrCl2NO/c1-19(9-10-4-2-3-5-14(10)18)15(20)12-8-11(17)6-7-13(12)16/h2-8H,9H2,1H3. The maximum absolute atomic E-state index is 12.4. The molecule has 0 aliphatic carbocycles. The Morgan fingerprint density at radius 1 is 1.20 bits per heavy atom. The summed E-state index contributed by atoms with van der Waals surface area (Å²) in [6, 6.07) is 12.6. The van der Waals surface area contributed by atoms with Crippen LogP contribution in [-0.2, 0) is 6.54 Å². The third-order valence-corrected chi connectivity index (χ3v) is 4.17. The average molecular weight is 373 g/mol. The molecular weight excluding hydrogens is 361 g/mol. The third-order valence-electron chi connectivity index (χ3n) is 2.87. The van der Waals surface area contributed by atoms with Gasteiger partial charge in [-0.15, -0.1) is 0 Å². The zero-order valence-electron chi connectivity index (χ0n) is 10.7. The first-order valence-electron chi connectivity index (χ1n) is 5.93. The van der Waals surface area contributed by atoms with Gasteiger partial charge in [-0.05, 0) is 45.8 Å². The molecule has 0 saturated heterocycles. The normalized spacial score (nSPS) is 10.4. The summed E-state index contributed by atoms with van der Waals surface area (Å²) in [7, 11) is 1.74. The predicted molar refractivity (Wildman–Crippen MR) is 86.4 cm³/mol. The summed E-state index contributed by atoms with van der Waals surface area (Å²) >= 11 is 15.4. The third kappa shape index (κ3) is 3.54. The molecule has 104 valence electrons. The largest absolute Gasteiger partial charge is 0.337 e. The monoisotopic (exact) mass is 371 g/mol. The maximum Gasteiger partial charge on any atom is 0.255 e. The molecule has 2 aromatic rings. The summed E-state index contributed by atoms with van der Waals surface area (Å²) in [5, 5.41) is 1.18. The van der Waals surface area contributed by atoms with Gasteiger partial charge in [0.25, 0.3) is 5.91 Å². The number of halogens is 3. The van der Waals surface area contributed by atoms with Crippen molar-refractivity contribution in [1.82, 2.24) is 4.90 Å². The highest BCUT2D eigenvalue weighted by atomic mass is 79.9. The van der Waals surface area contributed by atoms with Crippen molar-refractivity contribution in [2.24, 2.45) is 0 Å². The van der Waals surface area contributed by atoms with Crippen molar-refractivity contribution in [3.05, 3.63) is 68.1 Å². The van der Waals surface area contributed by atoms with E-state index < -0.39 is 0 Å². The first kappa shape index (κ1) is 15.4. The summed E-state index contributed by atoms with van der Waals surface area (Å²) < 4.78 is 0.720. The number of carbonyl (C=O) groups excluding carboxylic acids is 1.